The number of nitrogens with zero attached hydrogens (tertiary/aromatic N) is 3. The van der Waals surface area contributed by atoms with Gasteiger partial charge in [-0.25, -0.2) is 9.97 Å². The third-order valence-corrected chi connectivity index (χ3v) is 4.87. The topological polar surface area (TPSA) is 86.2 Å². The summed E-state index contributed by atoms with van der Waals surface area (Å²) in [6, 6.07) is 1.68. The zero-order chi connectivity index (χ0) is 12.7. The first kappa shape index (κ1) is 14.9. The van der Waals surface area contributed by atoms with E-state index in [-0.39, 0.29) is 46.5 Å². The minimum Gasteiger partial charge on any atom is -0.543 e. The van der Waals surface area contributed by atoms with Crippen molar-refractivity contribution < 1.29 is 44.3 Å². The van der Waals surface area contributed by atoms with Gasteiger partial charge in [-0.1, -0.05) is 11.8 Å². The minimum atomic E-state index is -1.34. The summed E-state index contributed by atoms with van der Waals surface area (Å²) in [4.78, 5) is 31.8. The smallest absolute Gasteiger partial charge is 0.543 e. The normalized spacial score (nSPS) is 20.7. The fourth-order valence-electron chi connectivity index (χ4n) is 1.70. The Kier molecular flexibility index (Phi) is 4.57. The molecule has 0 radical (unpaired) electrons. The molecule has 0 bridgehead atoms. The third-order valence-electron chi connectivity index (χ3n) is 2.50. The van der Waals surface area contributed by atoms with Crippen LogP contribution in [0.1, 0.15) is 6.42 Å². The molecule has 0 aliphatic carbocycles. The van der Waals surface area contributed by atoms with Crippen LogP contribution < -0.4 is 34.7 Å². The molecule has 9 heteroatoms. The number of amides is 1. The maximum atomic E-state index is 11.4. The van der Waals surface area contributed by atoms with Crippen molar-refractivity contribution in [2.45, 2.75) is 17.0 Å². The maximum absolute atomic E-state index is 11.4. The molecule has 92 valence electrons. The number of fused-ring (bicyclic) bond motifs is 1. The van der Waals surface area contributed by atoms with Crippen LogP contribution in [0, 0.1) is 0 Å². The summed E-state index contributed by atoms with van der Waals surface area (Å²) in [6.07, 6.45) is 3.52. The summed E-state index contributed by atoms with van der Waals surface area (Å²) < 4.78 is 0.511. The Balaban J connectivity index is 0.00000133. The molecule has 0 unspecified atom stereocenters. The van der Waals surface area contributed by atoms with Gasteiger partial charge in [-0.05, 0) is 17.8 Å². The van der Waals surface area contributed by atoms with E-state index in [1.54, 1.807) is 18.5 Å². The second-order valence-electron chi connectivity index (χ2n) is 3.60. The molecule has 3 heterocycles. The van der Waals surface area contributed by atoms with Crippen LogP contribution in [0.2, 0.25) is 0 Å². The zero-order valence-corrected chi connectivity index (χ0v) is 13.5. The summed E-state index contributed by atoms with van der Waals surface area (Å²) in [6.45, 7) is 0. The predicted octanol–water partition coefficient (Wildman–Crippen LogP) is -3.20. The number of rotatable bonds is 3. The van der Waals surface area contributed by atoms with Crippen molar-refractivity contribution in [3.8, 4) is 0 Å². The maximum Gasteiger partial charge on any atom is 1.00 e. The summed E-state index contributed by atoms with van der Waals surface area (Å²) in [5, 5.41) is 11.4. The van der Waals surface area contributed by atoms with Crippen molar-refractivity contribution in [1.82, 2.24) is 14.9 Å². The molecule has 1 aromatic heterocycles. The first-order chi connectivity index (χ1) is 8.66. The Hall–Kier alpha value is -0.540. The van der Waals surface area contributed by atoms with Crippen LogP contribution >= 0.6 is 23.5 Å². The quantitative estimate of drug-likeness (QED) is 0.330. The van der Waals surface area contributed by atoms with Crippen molar-refractivity contribution in [3.05, 3.63) is 28.4 Å². The Bertz CT molecular complexity index is 566. The molecule has 0 aromatic carbocycles. The fraction of sp³-hybridized carbons (Fsp3) is 0.200. The number of aliphatic carboxylic acids is 1. The van der Waals surface area contributed by atoms with Crippen molar-refractivity contribution >= 4 is 35.4 Å². The Morgan fingerprint density at radius 2 is 2.16 bits per heavy atom. The number of aromatic nitrogens is 2. The molecule has 0 N–H and O–H groups in total. The van der Waals surface area contributed by atoms with E-state index in [2.05, 4.69) is 9.97 Å². The van der Waals surface area contributed by atoms with Crippen LogP contribution in [0.4, 0.5) is 0 Å². The van der Waals surface area contributed by atoms with Gasteiger partial charge < -0.3 is 9.90 Å². The van der Waals surface area contributed by atoms with Gasteiger partial charge in [0.15, 0.2) is 5.16 Å². The van der Waals surface area contributed by atoms with E-state index in [1.807, 2.05) is 0 Å². The molecule has 19 heavy (non-hydrogen) atoms. The molecule has 6 nitrogen and oxygen atoms in total. The number of carbonyl (C=O) groups is 2. The first-order valence-electron chi connectivity index (χ1n) is 5.06. The largest absolute Gasteiger partial charge is 1.00 e. The van der Waals surface area contributed by atoms with Gasteiger partial charge in [0.25, 0.3) is 0 Å². The van der Waals surface area contributed by atoms with Crippen LogP contribution in [0.15, 0.2) is 33.6 Å². The van der Waals surface area contributed by atoms with Crippen LogP contribution in [-0.2, 0) is 9.59 Å². The number of hydrogen-bond donors (Lipinski definition) is 0. The summed E-state index contributed by atoms with van der Waals surface area (Å²) in [5.41, 5.74) is -0.0568. The van der Waals surface area contributed by atoms with Gasteiger partial charge in [-0.15, -0.1) is 0 Å². The standard InChI is InChI=1S/C10H7N3O3S2.Na/c14-5-4-6-13(5)7(8(15)16)9(17-6)18-10-11-2-1-3-12-10;/h1-3,6H,4H2,(H,15,16);/q;+1/p-1/t6-;/m1./s1. The molecule has 1 amide bonds. The van der Waals surface area contributed by atoms with Gasteiger partial charge in [-0.3, -0.25) is 9.69 Å². The van der Waals surface area contributed by atoms with Crippen LogP contribution in [0.3, 0.4) is 0 Å². The minimum absolute atomic E-state index is 0. The summed E-state index contributed by atoms with van der Waals surface area (Å²) in [5.74, 6) is -1.52. The Labute approximate surface area is 139 Å². The molecular weight excluding hydrogens is 297 g/mol. The van der Waals surface area contributed by atoms with Crippen molar-refractivity contribution in [1.29, 1.82) is 0 Å². The van der Waals surface area contributed by atoms with Gasteiger partial charge in [0.05, 0.1) is 27.7 Å². The number of carboxylic acid groups (broad SMARTS) is 1. The molecule has 1 saturated heterocycles. The molecular formula is C10H6N3NaO3S2. The molecule has 3 rings (SSSR count). The molecule has 0 saturated carbocycles. The van der Waals surface area contributed by atoms with Crippen molar-refractivity contribution in [2.75, 3.05) is 0 Å². The SMILES string of the molecule is O=C([O-])C1=C(Sc2ncccn2)S[C@@H]2CC(=O)N12.[Na+]. The monoisotopic (exact) mass is 303 g/mol. The van der Waals surface area contributed by atoms with E-state index in [0.717, 1.165) is 11.8 Å². The van der Waals surface area contributed by atoms with Crippen molar-refractivity contribution in [3.63, 3.8) is 0 Å². The van der Waals surface area contributed by atoms with E-state index < -0.39 is 5.97 Å². The number of β-lactam (4-membered cyclic amide) rings is 1. The van der Waals surface area contributed by atoms with Crippen LogP contribution in [-0.4, -0.2) is 32.1 Å². The number of hydrogen-bond acceptors (Lipinski definition) is 7. The van der Waals surface area contributed by atoms with E-state index in [0.29, 0.717) is 15.8 Å². The van der Waals surface area contributed by atoms with Crippen LogP contribution in [0.5, 0.6) is 0 Å². The van der Waals surface area contributed by atoms with E-state index >= 15 is 0 Å². The fourth-order valence-corrected chi connectivity index (χ4v) is 4.22. The van der Waals surface area contributed by atoms with E-state index in [9.17, 15) is 14.7 Å². The number of carbonyl (C=O) groups excluding carboxylic acids is 2. The van der Waals surface area contributed by atoms with Gasteiger partial charge in [0, 0.05) is 12.4 Å². The molecule has 0 spiro atoms. The second kappa shape index (κ2) is 5.84. The van der Waals surface area contributed by atoms with Gasteiger partial charge in [0.1, 0.15) is 0 Å². The average Bonchev–Trinajstić information content (AvgIpc) is 2.63. The molecule has 2 aliphatic rings. The number of carboxylic acids is 1. The average molecular weight is 303 g/mol. The predicted molar refractivity (Wildman–Crippen MR) is 62.8 cm³/mol. The summed E-state index contributed by atoms with van der Waals surface area (Å²) >= 11 is 2.49. The molecule has 1 atom stereocenters. The van der Waals surface area contributed by atoms with Gasteiger partial charge >= 0.3 is 29.6 Å². The zero-order valence-electron chi connectivity index (χ0n) is 9.90. The van der Waals surface area contributed by atoms with E-state index in [1.165, 1.54) is 16.7 Å². The summed E-state index contributed by atoms with van der Waals surface area (Å²) in [7, 11) is 0. The van der Waals surface area contributed by atoms with Crippen LogP contribution in [0.25, 0.3) is 0 Å². The first-order valence-corrected chi connectivity index (χ1v) is 6.75. The third kappa shape index (κ3) is 2.68. The Morgan fingerprint density at radius 1 is 1.47 bits per heavy atom. The second-order valence-corrected chi connectivity index (χ2v) is 6.02. The molecule has 1 aromatic rings. The Morgan fingerprint density at radius 3 is 2.74 bits per heavy atom. The van der Waals surface area contributed by atoms with Gasteiger partial charge in [0.2, 0.25) is 5.91 Å². The molecule has 1 fully saturated rings. The van der Waals surface area contributed by atoms with E-state index in [4.69, 9.17) is 0 Å². The van der Waals surface area contributed by atoms with Gasteiger partial charge in [-0.2, -0.15) is 0 Å². The van der Waals surface area contributed by atoms with Crippen molar-refractivity contribution in [2.24, 2.45) is 0 Å². The molecule has 2 aliphatic heterocycles. The number of thioether (sulfide) groups is 2.